The van der Waals surface area contributed by atoms with E-state index in [9.17, 15) is 8.42 Å². The molecule has 0 amide bonds. The lowest BCUT2D eigenvalue weighted by molar-refractivity contribution is 0.231. The second-order valence-corrected chi connectivity index (χ2v) is 5.56. The summed E-state index contributed by atoms with van der Waals surface area (Å²) in [5.41, 5.74) is 1.82. The van der Waals surface area contributed by atoms with E-state index in [0.717, 1.165) is 11.1 Å². The Kier molecular flexibility index (Phi) is 2.40. The summed E-state index contributed by atoms with van der Waals surface area (Å²) >= 11 is 0. The molecule has 1 heterocycles. The van der Waals surface area contributed by atoms with Crippen LogP contribution in [0.4, 0.5) is 0 Å². The first-order chi connectivity index (χ1) is 7.05. The van der Waals surface area contributed by atoms with Gasteiger partial charge >= 0.3 is 0 Å². The fourth-order valence-electron chi connectivity index (χ4n) is 1.68. The van der Waals surface area contributed by atoms with Crippen LogP contribution in [0.15, 0.2) is 28.0 Å². The zero-order valence-electron chi connectivity index (χ0n) is 8.65. The molecule has 0 N–H and O–H groups in total. The van der Waals surface area contributed by atoms with E-state index in [-0.39, 0.29) is 6.61 Å². The summed E-state index contributed by atoms with van der Waals surface area (Å²) in [4.78, 5) is 0.728. The first-order valence-electron chi connectivity index (χ1n) is 4.61. The Morgan fingerprint density at radius 2 is 2.07 bits per heavy atom. The third-order valence-corrected chi connectivity index (χ3v) is 4.28. The lowest BCUT2D eigenvalue weighted by Gasteiger charge is -2.02. The predicted molar refractivity (Wildman–Crippen MR) is 58.2 cm³/mol. The second kappa shape index (κ2) is 3.47. The molecule has 1 aliphatic heterocycles. The van der Waals surface area contributed by atoms with Crippen LogP contribution in [0.1, 0.15) is 11.1 Å². The second-order valence-electron chi connectivity index (χ2n) is 3.59. The predicted octanol–water partition coefficient (Wildman–Crippen LogP) is 1.77. The van der Waals surface area contributed by atoms with Crippen molar-refractivity contribution < 1.29 is 13.2 Å². The molecular weight excluding hydrogens is 212 g/mol. The van der Waals surface area contributed by atoms with Crippen LogP contribution in [-0.4, -0.2) is 22.1 Å². The molecule has 0 saturated heterocycles. The number of aryl methyl sites for hydroxylation is 1. The van der Waals surface area contributed by atoms with Crippen LogP contribution in [0.5, 0.6) is 0 Å². The highest BCUT2D eigenvalue weighted by Gasteiger charge is 2.28. The minimum atomic E-state index is -3.29. The van der Waals surface area contributed by atoms with Crippen molar-refractivity contribution >= 4 is 15.9 Å². The number of ether oxygens (including phenoxy) is 1. The molecule has 15 heavy (non-hydrogen) atoms. The Morgan fingerprint density at radius 3 is 2.73 bits per heavy atom. The summed E-state index contributed by atoms with van der Waals surface area (Å²) in [6, 6.07) is 5.33. The van der Waals surface area contributed by atoms with Crippen molar-refractivity contribution in [2.45, 2.75) is 11.8 Å². The fraction of sp³-hybridized carbons (Fsp3) is 0.273. The number of hydrogen-bond acceptors (Lipinski definition) is 3. The van der Waals surface area contributed by atoms with Crippen LogP contribution in [0, 0.1) is 6.92 Å². The molecular formula is C11H12O3S. The largest absolute Gasteiger partial charge is 0.379 e. The molecule has 0 aromatic heterocycles. The van der Waals surface area contributed by atoms with Crippen LogP contribution in [0.25, 0.3) is 6.08 Å². The van der Waals surface area contributed by atoms with Crippen LogP contribution < -0.4 is 0 Å². The number of benzene rings is 1. The van der Waals surface area contributed by atoms with Gasteiger partial charge in [-0.05, 0) is 24.6 Å². The van der Waals surface area contributed by atoms with Gasteiger partial charge in [-0.15, -0.1) is 0 Å². The maximum Gasteiger partial charge on any atom is 0.205 e. The molecule has 0 radical (unpaired) electrons. The fourth-order valence-corrected chi connectivity index (χ4v) is 3.19. The SMILES string of the molecule is COCC1=Cc2cc(C)ccc2S1(=O)=O. The van der Waals surface area contributed by atoms with E-state index in [1.165, 1.54) is 7.11 Å². The van der Waals surface area contributed by atoms with Crippen molar-refractivity contribution in [3.63, 3.8) is 0 Å². The molecule has 0 aliphatic carbocycles. The first kappa shape index (κ1) is 10.4. The molecule has 0 unspecified atom stereocenters. The van der Waals surface area contributed by atoms with E-state index < -0.39 is 9.84 Å². The molecule has 80 valence electrons. The molecule has 0 fully saturated rings. The highest BCUT2D eigenvalue weighted by Crippen LogP contribution is 2.33. The van der Waals surface area contributed by atoms with Crippen molar-refractivity contribution in [2.75, 3.05) is 13.7 Å². The summed E-state index contributed by atoms with van der Waals surface area (Å²) in [6.07, 6.45) is 1.68. The summed E-state index contributed by atoms with van der Waals surface area (Å²) in [6.45, 7) is 2.07. The van der Waals surface area contributed by atoms with Crippen molar-refractivity contribution in [1.29, 1.82) is 0 Å². The molecule has 0 bridgehead atoms. The molecule has 3 nitrogen and oxygen atoms in total. The normalized spacial score (nSPS) is 17.3. The van der Waals surface area contributed by atoms with Crippen molar-refractivity contribution in [3.05, 3.63) is 34.2 Å². The van der Waals surface area contributed by atoms with Gasteiger partial charge in [0.1, 0.15) is 0 Å². The molecule has 2 rings (SSSR count). The van der Waals surface area contributed by atoms with E-state index in [1.807, 2.05) is 13.0 Å². The molecule has 0 atom stereocenters. The van der Waals surface area contributed by atoms with E-state index in [0.29, 0.717) is 9.80 Å². The van der Waals surface area contributed by atoms with Gasteiger partial charge in [0, 0.05) is 7.11 Å². The van der Waals surface area contributed by atoms with Gasteiger partial charge in [0.25, 0.3) is 0 Å². The summed E-state index contributed by atoms with van der Waals surface area (Å²) in [5.74, 6) is 0. The third-order valence-electron chi connectivity index (χ3n) is 2.40. The van der Waals surface area contributed by atoms with Gasteiger partial charge in [-0.2, -0.15) is 0 Å². The molecule has 0 spiro atoms. The van der Waals surface area contributed by atoms with Crippen molar-refractivity contribution in [2.24, 2.45) is 0 Å². The van der Waals surface area contributed by atoms with Gasteiger partial charge in [-0.1, -0.05) is 17.7 Å². The molecule has 1 aliphatic rings. The highest BCUT2D eigenvalue weighted by atomic mass is 32.2. The van der Waals surface area contributed by atoms with Gasteiger partial charge in [-0.25, -0.2) is 8.42 Å². The summed E-state index contributed by atoms with van der Waals surface area (Å²) in [5, 5.41) is 0. The Labute approximate surface area is 89.3 Å². The van der Waals surface area contributed by atoms with Crippen molar-refractivity contribution in [3.8, 4) is 0 Å². The van der Waals surface area contributed by atoms with Crippen LogP contribution in [0.3, 0.4) is 0 Å². The zero-order valence-corrected chi connectivity index (χ0v) is 9.47. The average Bonchev–Trinajstić information content (AvgIpc) is 2.39. The van der Waals surface area contributed by atoms with Gasteiger partial charge in [0.15, 0.2) is 0 Å². The Balaban J connectivity index is 2.58. The van der Waals surface area contributed by atoms with E-state index in [2.05, 4.69) is 0 Å². The smallest absolute Gasteiger partial charge is 0.205 e. The third kappa shape index (κ3) is 1.60. The quantitative estimate of drug-likeness (QED) is 0.769. The maximum absolute atomic E-state index is 11.9. The Morgan fingerprint density at radius 1 is 1.33 bits per heavy atom. The maximum atomic E-state index is 11.9. The molecule has 1 aromatic rings. The first-order valence-corrected chi connectivity index (χ1v) is 6.09. The van der Waals surface area contributed by atoms with Gasteiger partial charge in [-0.3, -0.25) is 0 Å². The van der Waals surface area contributed by atoms with Crippen LogP contribution in [-0.2, 0) is 14.6 Å². The Bertz CT molecular complexity index is 527. The van der Waals surface area contributed by atoms with Gasteiger partial charge < -0.3 is 4.74 Å². The number of hydrogen-bond donors (Lipinski definition) is 0. The lowest BCUT2D eigenvalue weighted by atomic mass is 10.1. The molecule has 1 aromatic carbocycles. The summed E-state index contributed by atoms with van der Waals surface area (Å²) in [7, 11) is -1.80. The van der Waals surface area contributed by atoms with E-state index >= 15 is 0 Å². The molecule has 0 saturated carbocycles. The monoisotopic (exact) mass is 224 g/mol. The highest BCUT2D eigenvalue weighted by molar-refractivity contribution is 7.95. The van der Waals surface area contributed by atoms with Crippen LogP contribution in [0.2, 0.25) is 0 Å². The zero-order chi connectivity index (χ0) is 11.1. The Hall–Kier alpha value is -1.13. The van der Waals surface area contributed by atoms with Crippen LogP contribution >= 0.6 is 0 Å². The van der Waals surface area contributed by atoms with E-state index in [4.69, 9.17) is 4.74 Å². The minimum Gasteiger partial charge on any atom is -0.379 e. The van der Waals surface area contributed by atoms with E-state index in [1.54, 1.807) is 18.2 Å². The minimum absolute atomic E-state index is 0.135. The lowest BCUT2D eigenvalue weighted by Crippen LogP contribution is -2.05. The topological polar surface area (TPSA) is 43.4 Å². The number of fused-ring (bicyclic) bond motifs is 1. The average molecular weight is 224 g/mol. The number of methoxy groups -OCH3 is 1. The van der Waals surface area contributed by atoms with Gasteiger partial charge in [0.2, 0.25) is 9.84 Å². The number of sulfone groups is 1. The molecule has 4 heteroatoms. The number of rotatable bonds is 2. The van der Waals surface area contributed by atoms with Crippen molar-refractivity contribution in [1.82, 2.24) is 0 Å². The van der Waals surface area contributed by atoms with Gasteiger partial charge in [0.05, 0.1) is 16.4 Å². The summed E-state index contributed by atoms with van der Waals surface area (Å²) < 4.78 is 28.7. The standard InChI is InChI=1S/C11H12O3S/c1-8-3-4-11-9(5-8)6-10(7-14-2)15(11,12)13/h3-6H,7H2,1-2H3.